The first-order chi connectivity index (χ1) is 12.1. The zero-order chi connectivity index (χ0) is 18.2. The van der Waals surface area contributed by atoms with Crippen LogP contribution in [0, 0.1) is 0 Å². The molecule has 1 amide bonds. The van der Waals surface area contributed by atoms with E-state index in [0.717, 1.165) is 0 Å². The molecule has 0 unspecified atom stereocenters. The van der Waals surface area contributed by atoms with Gasteiger partial charge in [0.15, 0.2) is 0 Å². The number of anilines is 2. The number of hydrogen-bond donors (Lipinski definition) is 2. The van der Waals surface area contributed by atoms with Crippen LogP contribution in [0.15, 0.2) is 42.5 Å². The number of ether oxygens (including phenoxy) is 3. The number of esters is 1. The fraction of sp³-hybridized carbons (Fsp3) is 0.222. The molecule has 0 fully saturated rings. The smallest absolute Gasteiger partial charge is 0.339 e. The molecule has 2 rings (SSSR count). The molecule has 2 aromatic rings. The predicted molar refractivity (Wildman–Crippen MR) is 94.4 cm³/mol. The van der Waals surface area contributed by atoms with Crippen molar-refractivity contribution in [1.29, 1.82) is 0 Å². The molecule has 25 heavy (non-hydrogen) atoms. The lowest BCUT2D eigenvalue weighted by Crippen LogP contribution is -2.23. The summed E-state index contributed by atoms with van der Waals surface area (Å²) >= 11 is 0. The third kappa shape index (κ3) is 4.63. The Kier molecular flexibility index (Phi) is 6.22. The zero-order valence-electron chi connectivity index (χ0n) is 14.3. The van der Waals surface area contributed by atoms with Gasteiger partial charge in [-0.05, 0) is 24.3 Å². The maximum Gasteiger partial charge on any atom is 0.339 e. The van der Waals surface area contributed by atoms with E-state index in [2.05, 4.69) is 10.6 Å². The van der Waals surface area contributed by atoms with Crippen LogP contribution in [0.4, 0.5) is 11.4 Å². The number of hydrogen-bond acceptors (Lipinski definition) is 6. The van der Waals surface area contributed by atoms with Crippen molar-refractivity contribution in [3.63, 3.8) is 0 Å². The third-order valence-electron chi connectivity index (χ3n) is 3.45. The second-order valence-electron chi connectivity index (χ2n) is 5.01. The van der Waals surface area contributed by atoms with E-state index in [1.807, 2.05) is 0 Å². The molecule has 0 saturated carbocycles. The predicted octanol–water partition coefficient (Wildman–Crippen LogP) is 2.54. The monoisotopic (exact) mass is 344 g/mol. The summed E-state index contributed by atoms with van der Waals surface area (Å²) in [4.78, 5) is 23.9. The number of rotatable bonds is 7. The number of nitrogens with one attached hydrogen (secondary N) is 2. The molecule has 0 atom stereocenters. The van der Waals surface area contributed by atoms with Gasteiger partial charge in [0.25, 0.3) is 0 Å². The summed E-state index contributed by atoms with van der Waals surface area (Å²) in [5.41, 5.74) is 1.37. The normalized spacial score (nSPS) is 9.88. The Labute approximate surface area is 145 Å². The second kappa shape index (κ2) is 8.58. The lowest BCUT2D eigenvalue weighted by Gasteiger charge is -2.13. The second-order valence-corrected chi connectivity index (χ2v) is 5.01. The van der Waals surface area contributed by atoms with Crippen LogP contribution >= 0.6 is 0 Å². The van der Waals surface area contributed by atoms with Crippen LogP contribution in [0.3, 0.4) is 0 Å². The number of carbonyl (C=O) groups is 2. The molecule has 0 aliphatic rings. The Hall–Kier alpha value is -3.22. The Morgan fingerprint density at radius 3 is 2.40 bits per heavy atom. The van der Waals surface area contributed by atoms with E-state index in [4.69, 9.17) is 14.2 Å². The van der Waals surface area contributed by atoms with Crippen LogP contribution in [0.25, 0.3) is 0 Å². The molecule has 0 aliphatic heterocycles. The highest BCUT2D eigenvalue weighted by molar-refractivity contribution is 5.98. The summed E-state index contributed by atoms with van der Waals surface area (Å²) in [5.74, 6) is 0.341. The first-order valence-electron chi connectivity index (χ1n) is 7.52. The molecule has 0 saturated heterocycles. The Balaban J connectivity index is 2.06. The van der Waals surface area contributed by atoms with Crippen LogP contribution in [0.1, 0.15) is 10.4 Å². The standard InChI is InChI=1S/C18H20N2O5/c1-23-12-8-9-16(24-2)15(10-12)20-17(21)11-19-14-7-5-4-6-13(14)18(22)25-3/h4-10,19H,11H2,1-3H3,(H,20,21). The van der Waals surface area contributed by atoms with Crippen molar-refractivity contribution in [3.8, 4) is 11.5 Å². The van der Waals surface area contributed by atoms with Crippen molar-refractivity contribution in [3.05, 3.63) is 48.0 Å². The summed E-state index contributed by atoms with van der Waals surface area (Å²) in [5, 5.41) is 5.68. The molecule has 132 valence electrons. The van der Waals surface area contributed by atoms with E-state index < -0.39 is 5.97 Å². The van der Waals surface area contributed by atoms with Gasteiger partial charge in [0.2, 0.25) is 5.91 Å². The summed E-state index contributed by atoms with van der Waals surface area (Å²) in [6.45, 7) is -0.0334. The van der Waals surface area contributed by atoms with Gasteiger partial charge in [-0.15, -0.1) is 0 Å². The zero-order valence-corrected chi connectivity index (χ0v) is 14.3. The van der Waals surface area contributed by atoms with Crippen molar-refractivity contribution < 1.29 is 23.8 Å². The summed E-state index contributed by atoms with van der Waals surface area (Å²) in [7, 11) is 4.36. The third-order valence-corrected chi connectivity index (χ3v) is 3.45. The summed E-state index contributed by atoms with van der Waals surface area (Å²) < 4.78 is 15.1. The molecule has 0 heterocycles. The molecule has 0 bridgehead atoms. The lowest BCUT2D eigenvalue weighted by molar-refractivity contribution is -0.114. The van der Waals surface area contributed by atoms with Crippen molar-refractivity contribution >= 4 is 23.3 Å². The van der Waals surface area contributed by atoms with E-state index in [0.29, 0.717) is 28.4 Å². The SMILES string of the molecule is COC(=O)c1ccccc1NCC(=O)Nc1cc(OC)ccc1OC. The molecule has 2 aromatic carbocycles. The van der Waals surface area contributed by atoms with E-state index in [-0.39, 0.29) is 12.5 Å². The Morgan fingerprint density at radius 2 is 1.72 bits per heavy atom. The fourth-order valence-electron chi connectivity index (χ4n) is 2.21. The van der Waals surface area contributed by atoms with Gasteiger partial charge in [-0.1, -0.05) is 12.1 Å². The van der Waals surface area contributed by atoms with Crippen molar-refractivity contribution in [2.45, 2.75) is 0 Å². The minimum atomic E-state index is -0.474. The molecule has 0 aromatic heterocycles. The Morgan fingerprint density at radius 1 is 0.960 bits per heavy atom. The van der Waals surface area contributed by atoms with Crippen LogP contribution < -0.4 is 20.1 Å². The molecular formula is C18H20N2O5. The number of methoxy groups -OCH3 is 3. The molecule has 2 N–H and O–H groups in total. The van der Waals surface area contributed by atoms with Crippen LogP contribution in [0.2, 0.25) is 0 Å². The van der Waals surface area contributed by atoms with Crippen LogP contribution in [-0.2, 0) is 9.53 Å². The molecule has 0 spiro atoms. The van der Waals surface area contributed by atoms with Crippen molar-refractivity contribution in [2.75, 3.05) is 38.5 Å². The number of para-hydroxylation sites is 1. The van der Waals surface area contributed by atoms with Crippen molar-refractivity contribution in [1.82, 2.24) is 0 Å². The van der Waals surface area contributed by atoms with Gasteiger partial charge < -0.3 is 24.8 Å². The lowest BCUT2D eigenvalue weighted by atomic mass is 10.2. The fourth-order valence-corrected chi connectivity index (χ4v) is 2.21. The maximum atomic E-state index is 12.2. The highest BCUT2D eigenvalue weighted by Gasteiger charge is 2.13. The van der Waals surface area contributed by atoms with Gasteiger partial charge in [0.05, 0.1) is 39.1 Å². The quantitative estimate of drug-likeness (QED) is 0.751. The van der Waals surface area contributed by atoms with E-state index in [1.165, 1.54) is 14.2 Å². The average molecular weight is 344 g/mol. The highest BCUT2D eigenvalue weighted by Crippen LogP contribution is 2.28. The van der Waals surface area contributed by atoms with Crippen molar-refractivity contribution in [2.24, 2.45) is 0 Å². The molecule has 7 nitrogen and oxygen atoms in total. The van der Waals surface area contributed by atoms with Gasteiger partial charge >= 0.3 is 5.97 Å². The van der Waals surface area contributed by atoms with Gasteiger partial charge in [0, 0.05) is 11.8 Å². The summed E-state index contributed by atoms with van der Waals surface area (Å²) in [6, 6.07) is 11.9. The van der Waals surface area contributed by atoms with Gasteiger partial charge in [-0.2, -0.15) is 0 Å². The van der Waals surface area contributed by atoms with E-state index >= 15 is 0 Å². The molecule has 7 heteroatoms. The van der Waals surface area contributed by atoms with Gasteiger partial charge in [0.1, 0.15) is 11.5 Å². The highest BCUT2D eigenvalue weighted by atomic mass is 16.5. The van der Waals surface area contributed by atoms with Crippen LogP contribution in [0.5, 0.6) is 11.5 Å². The number of amides is 1. The maximum absolute atomic E-state index is 12.2. The number of carbonyl (C=O) groups excluding carboxylic acids is 2. The Bertz CT molecular complexity index is 761. The van der Waals surface area contributed by atoms with Crippen LogP contribution in [-0.4, -0.2) is 39.8 Å². The molecular weight excluding hydrogens is 324 g/mol. The van der Waals surface area contributed by atoms with E-state index in [1.54, 1.807) is 49.6 Å². The largest absolute Gasteiger partial charge is 0.497 e. The first kappa shape index (κ1) is 18.1. The van der Waals surface area contributed by atoms with Gasteiger partial charge in [-0.25, -0.2) is 4.79 Å². The number of benzene rings is 2. The average Bonchev–Trinajstić information content (AvgIpc) is 2.65. The van der Waals surface area contributed by atoms with E-state index in [9.17, 15) is 9.59 Å². The minimum Gasteiger partial charge on any atom is -0.497 e. The first-order valence-corrected chi connectivity index (χ1v) is 7.52. The summed E-state index contributed by atoms with van der Waals surface area (Å²) in [6.07, 6.45) is 0. The minimum absolute atomic E-state index is 0.0334. The van der Waals surface area contributed by atoms with Gasteiger partial charge in [-0.3, -0.25) is 4.79 Å². The topological polar surface area (TPSA) is 85.9 Å². The molecule has 0 aliphatic carbocycles. The molecule has 0 radical (unpaired) electrons.